The Hall–Kier alpha value is 0.880. The molecule has 0 bridgehead atoms. The number of aldehydes is 1. The van der Waals surface area contributed by atoms with Gasteiger partial charge in [-0.25, -0.2) is 0 Å². The van der Waals surface area contributed by atoms with Crippen LogP contribution in [-0.4, -0.2) is 95.5 Å². The Kier molecular flexibility index (Phi) is 10.6. The fourth-order valence-electron chi connectivity index (χ4n) is 0.847. The first-order valence-electron chi connectivity index (χ1n) is 4.03. The molecule has 0 fully saturated rings. The smallest absolute Gasteiger partial charge is 0.790 e. The number of hydrogen-bond acceptors (Lipinski definition) is 9. The molecule has 0 saturated heterocycles. The molecule has 4 N–H and O–H groups in total. The van der Waals surface area contributed by atoms with Gasteiger partial charge in [-0.1, -0.05) is 0 Å². The first kappa shape index (κ1) is 20.2. The number of phosphoric ester groups is 1. The molecular weight excluding hydrogens is 287 g/mol. The van der Waals surface area contributed by atoms with Crippen LogP contribution in [0.3, 0.4) is 0 Å². The van der Waals surface area contributed by atoms with Crippen LogP contribution >= 0.6 is 7.82 Å². The molecule has 0 spiro atoms. The maximum Gasteiger partial charge on any atom is 2.00 e. The van der Waals surface area contributed by atoms with Gasteiger partial charge in [-0.3, -0.25) is 0 Å². The molecule has 0 radical (unpaired) electrons. The van der Waals surface area contributed by atoms with E-state index in [1.165, 1.54) is 0 Å². The van der Waals surface area contributed by atoms with Gasteiger partial charge in [0.1, 0.15) is 24.4 Å². The van der Waals surface area contributed by atoms with Gasteiger partial charge in [-0.2, -0.15) is 0 Å². The van der Waals surface area contributed by atoms with Crippen molar-refractivity contribution in [3.8, 4) is 0 Å². The van der Waals surface area contributed by atoms with Crippen molar-refractivity contribution in [3.63, 3.8) is 0 Å². The minimum Gasteiger partial charge on any atom is -0.790 e. The Labute approximate surface area is 126 Å². The van der Waals surface area contributed by atoms with Crippen LogP contribution in [0.4, 0.5) is 0 Å². The monoisotopic (exact) mass is 298 g/mol. The van der Waals surface area contributed by atoms with E-state index in [4.69, 9.17) is 20.4 Å². The Morgan fingerprint density at radius 3 is 2.00 bits per heavy atom. The molecule has 17 heavy (non-hydrogen) atoms. The molecule has 0 heterocycles. The van der Waals surface area contributed by atoms with Gasteiger partial charge in [0.25, 0.3) is 0 Å². The zero-order valence-electron chi connectivity index (χ0n) is 8.58. The summed E-state index contributed by atoms with van der Waals surface area (Å²) in [5, 5.41) is 35.6. The molecule has 0 saturated carbocycles. The van der Waals surface area contributed by atoms with Gasteiger partial charge in [-0.15, -0.1) is 0 Å². The Morgan fingerprint density at radius 1 is 1.24 bits per heavy atom. The van der Waals surface area contributed by atoms with E-state index in [0.717, 1.165) is 0 Å². The van der Waals surface area contributed by atoms with E-state index in [1.54, 1.807) is 0 Å². The summed E-state index contributed by atoms with van der Waals surface area (Å²) in [6.07, 6.45) is -8.36. The fraction of sp³-hybridized carbons (Fsp3) is 0.833. The second-order valence-electron chi connectivity index (χ2n) is 2.88. The molecule has 0 aromatic carbocycles. The van der Waals surface area contributed by atoms with E-state index in [9.17, 15) is 19.1 Å². The molecule has 0 aromatic rings. The number of phosphoric acid groups is 1. The van der Waals surface area contributed by atoms with Crippen molar-refractivity contribution in [2.24, 2.45) is 0 Å². The molecule has 0 aliphatic rings. The Bertz CT molecular complexity index is 268. The van der Waals surface area contributed by atoms with E-state index in [1.807, 2.05) is 0 Å². The quantitative estimate of drug-likeness (QED) is 0.204. The second-order valence-corrected chi connectivity index (χ2v) is 3.99. The van der Waals surface area contributed by atoms with Gasteiger partial charge in [0.15, 0.2) is 6.29 Å². The minimum atomic E-state index is -5.52. The summed E-state index contributed by atoms with van der Waals surface area (Å²) in [6.45, 7) is -0.934. The van der Waals surface area contributed by atoms with Gasteiger partial charge in [0.05, 0.1) is 14.4 Å². The summed E-state index contributed by atoms with van der Waals surface area (Å²) in [4.78, 5) is 30.6. The summed E-state index contributed by atoms with van der Waals surface area (Å²) in [7, 11) is -5.52. The predicted octanol–water partition coefficient (Wildman–Crippen LogP) is -4.91. The van der Waals surface area contributed by atoms with Crippen molar-refractivity contribution >= 4 is 51.8 Å². The molecule has 0 amide bonds. The third-order valence-corrected chi connectivity index (χ3v) is 2.15. The molecular formula is C6H11CaO9P. The van der Waals surface area contributed by atoms with Crippen molar-refractivity contribution in [2.45, 2.75) is 24.4 Å². The SMILES string of the molecule is O=CC(OP(=O)([O-])[O-])C(O)C(O)C(O)CO.[Ca+2]. The largest absolute Gasteiger partial charge is 2.00 e. The Balaban J connectivity index is 0. The maximum atomic E-state index is 10.3. The topological polar surface area (TPSA) is 170 Å². The van der Waals surface area contributed by atoms with Crippen molar-refractivity contribution in [2.75, 3.05) is 6.61 Å². The standard InChI is InChI=1S/C6H13O9P.Ca/c7-1-3(9)5(10)6(11)4(2-8)15-16(12,13)14;/h2-7,9-11H,1H2,(H2,12,13,14);/q;+2/p-2. The Morgan fingerprint density at radius 2 is 1.71 bits per heavy atom. The molecule has 11 heteroatoms. The summed E-state index contributed by atoms with van der Waals surface area (Å²) >= 11 is 0. The minimum absolute atomic E-state index is 0. The summed E-state index contributed by atoms with van der Waals surface area (Å²) in [5.41, 5.74) is 0. The van der Waals surface area contributed by atoms with Crippen LogP contribution in [0.15, 0.2) is 0 Å². The number of rotatable bonds is 7. The number of carbonyl (C=O) groups excluding carboxylic acids is 1. The molecule has 0 aliphatic heterocycles. The van der Waals surface area contributed by atoms with Gasteiger partial charge >= 0.3 is 37.7 Å². The van der Waals surface area contributed by atoms with Crippen LogP contribution < -0.4 is 9.79 Å². The van der Waals surface area contributed by atoms with Gasteiger partial charge in [0, 0.05) is 0 Å². The molecule has 0 rings (SSSR count). The van der Waals surface area contributed by atoms with Crippen molar-refractivity contribution in [1.29, 1.82) is 0 Å². The van der Waals surface area contributed by atoms with Crippen LogP contribution in [0.1, 0.15) is 0 Å². The third-order valence-electron chi connectivity index (χ3n) is 1.65. The fourth-order valence-corrected chi connectivity index (χ4v) is 1.32. The summed E-state index contributed by atoms with van der Waals surface area (Å²) in [5.74, 6) is 0. The number of carbonyl (C=O) groups is 1. The maximum absolute atomic E-state index is 10.3. The van der Waals surface area contributed by atoms with Gasteiger partial charge in [-0.05, 0) is 0 Å². The zero-order valence-corrected chi connectivity index (χ0v) is 11.7. The molecule has 4 unspecified atom stereocenters. The number of aliphatic hydroxyl groups excluding tert-OH is 4. The first-order chi connectivity index (χ1) is 7.22. The van der Waals surface area contributed by atoms with E-state index in [-0.39, 0.29) is 44.0 Å². The normalized spacial score (nSPS) is 18.7. The summed E-state index contributed by atoms with van der Waals surface area (Å²) in [6, 6.07) is 0. The van der Waals surface area contributed by atoms with Crippen LogP contribution in [0.25, 0.3) is 0 Å². The van der Waals surface area contributed by atoms with Crippen LogP contribution in [-0.2, 0) is 13.9 Å². The second kappa shape index (κ2) is 8.89. The molecule has 0 aliphatic carbocycles. The molecule has 4 atom stereocenters. The molecule has 96 valence electrons. The molecule has 0 aromatic heterocycles. The number of hydrogen-bond donors (Lipinski definition) is 4. The van der Waals surface area contributed by atoms with E-state index < -0.39 is 38.8 Å². The zero-order chi connectivity index (χ0) is 12.9. The van der Waals surface area contributed by atoms with E-state index in [0.29, 0.717) is 0 Å². The van der Waals surface area contributed by atoms with Crippen molar-refractivity contribution in [3.05, 3.63) is 0 Å². The molecule has 9 nitrogen and oxygen atoms in total. The van der Waals surface area contributed by atoms with E-state index in [2.05, 4.69) is 4.52 Å². The van der Waals surface area contributed by atoms with Crippen LogP contribution in [0.5, 0.6) is 0 Å². The van der Waals surface area contributed by atoms with Crippen molar-refractivity contribution < 1.29 is 44.1 Å². The average molecular weight is 298 g/mol. The van der Waals surface area contributed by atoms with Gasteiger partial charge < -0.3 is 44.1 Å². The summed E-state index contributed by atoms with van der Waals surface area (Å²) < 4.78 is 13.8. The van der Waals surface area contributed by atoms with Crippen LogP contribution in [0.2, 0.25) is 0 Å². The average Bonchev–Trinajstić information content (AvgIpc) is 2.21. The first-order valence-corrected chi connectivity index (χ1v) is 5.49. The van der Waals surface area contributed by atoms with Gasteiger partial charge in [0.2, 0.25) is 0 Å². The van der Waals surface area contributed by atoms with Crippen LogP contribution in [0, 0.1) is 0 Å². The van der Waals surface area contributed by atoms with E-state index >= 15 is 0 Å². The van der Waals surface area contributed by atoms with Crippen molar-refractivity contribution in [1.82, 2.24) is 0 Å². The predicted molar refractivity (Wildman–Crippen MR) is 49.4 cm³/mol. The third kappa shape index (κ3) is 7.81. The number of aliphatic hydroxyl groups is 4.